The van der Waals surface area contributed by atoms with Crippen molar-refractivity contribution in [3.05, 3.63) is 90.0 Å². The van der Waals surface area contributed by atoms with Gasteiger partial charge >= 0.3 is 0 Å². The van der Waals surface area contributed by atoms with Crippen LogP contribution in [0.2, 0.25) is 0 Å². The summed E-state index contributed by atoms with van der Waals surface area (Å²) in [5.74, 6) is 1.48. The Labute approximate surface area is 162 Å². The van der Waals surface area contributed by atoms with Gasteiger partial charge in [-0.25, -0.2) is 0 Å². The number of benzene rings is 3. The molecule has 140 valence electrons. The third-order valence-electron chi connectivity index (χ3n) is 4.89. The minimum atomic E-state index is 0.551. The van der Waals surface area contributed by atoms with Gasteiger partial charge in [-0.2, -0.15) is 0 Å². The van der Waals surface area contributed by atoms with Crippen molar-refractivity contribution in [2.24, 2.45) is 0 Å². The molecule has 1 atom stereocenters. The average Bonchev–Trinajstić information content (AvgIpc) is 2.74. The van der Waals surface area contributed by atoms with Crippen molar-refractivity contribution in [2.75, 3.05) is 13.2 Å². The molecule has 0 saturated heterocycles. The number of rotatable bonds is 9. The van der Waals surface area contributed by atoms with E-state index in [1.165, 1.54) is 28.7 Å². The van der Waals surface area contributed by atoms with Crippen LogP contribution in [-0.4, -0.2) is 13.2 Å². The first-order valence-electron chi connectivity index (χ1n) is 9.71. The molecule has 0 amide bonds. The number of hydrogen-bond acceptors (Lipinski definition) is 2. The second kappa shape index (κ2) is 9.94. The van der Waals surface area contributed by atoms with Gasteiger partial charge in [0.2, 0.25) is 0 Å². The maximum atomic E-state index is 5.77. The first-order valence-corrected chi connectivity index (χ1v) is 9.71. The van der Waals surface area contributed by atoms with Crippen LogP contribution in [0.5, 0.6) is 5.75 Å². The first-order chi connectivity index (χ1) is 13.3. The van der Waals surface area contributed by atoms with E-state index in [9.17, 15) is 0 Å². The van der Waals surface area contributed by atoms with Crippen molar-refractivity contribution in [3.8, 4) is 16.9 Å². The van der Waals surface area contributed by atoms with Gasteiger partial charge in [0.15, 0.2) is 0 Å². The standard InChI is InChI=1S/C25H28O2/c1-3-20(2)22-11-9-21(10-12-22)19-26-17-18-27-25-15-13-24(14-16-25)23-7-5-4-6-8-23/h4-16,20H,3,17-19H2,1-2H3. The van der Waals surface area contributed by atoms with Gasteiger partial charge in [-0.15, -0.1) is 0 Å². The summed E-state index contributed by atoms with van der Waals surface area (Å²) in [6.07, 6.45) is 1.17. The molecule has 3 aromatic rings. The molecule has 0 bridgehead atoms. The van der Waals surface area contributed by atoms with Crippen LogP contribution in [0.25, 0.3) is 11.1 Å². The predicted octanol–water partition coefficient (Wildman–Crippen LogP) is 6.46. The minimum Gasteiger partial charge on any atom is -0.491 e. The van der Waals surface area contributed by atoms with Crippen molar-refractivity contribution in [1.82, 2.24) is 0 Å². The Morgan fingerprint density at radius 3 is 2.07 bits per heavy atom. The molecule has 0 saturated carbocycles. The van der Waals surface area contributed by atoms with Crippen LogP contribution in [0.4, 0.5) is 0 Å². The fraction of sp³-hybridized carbons (Fsp3) is 0.280. The highest BCUT2D eigenvalue weighted by atomic mass is 16.5. The van der Waals surface area contributed by atoms with Crippen LogP contribution in [0.15, 0.2) is 78.9 Å². The topological polar surface area (TPSA) is 18.5 Å². The van der Waals surface area contributed by atoms with E-state index >= 15 is 0 Å². The lowest BCUT2D eigenvalue weighted by Crippen LogP contribution is -2.06. The quantitative estimate of drug-likeness (QED) is 0.408. The largest absolute Gasteiger partial charge is 0.491 e. The monoisotopic (exact) mass is 360 g/mol. The Hall–Kier alpha value is -2.58. The Bertz CT molecular complexity index is 792. The van der Waals surface area contributed by atoms with Crippen LogP contribution < -0.4 is 4.74 Å². The van der Waals surface area contributed by atoms with E-state index in [1.54, 1.807) is 0 Å². The maximum absolute atomic E-state index is 5.77. The molecule has 3 aromatic carbocycles. The zero-order chi connectivity index (χ0) is 18.9. The highest BCUT2D eigenvalue weighted by Crippen LogP contribution is 2.22. The number of ether oxygens (including phenoxy) is 2. The predicted molar refractivity (Wildman–Crippen MR) is 112 cm³/mol. The third-order valence-corrected chi connectivity index (χ3v) is 4.89. The van der Waals surface area contributed by atoms with Gasteiger partial charge in [0, 0.05) is 0 Å². The number of hydrogen-bond donors (Lipinski definition) is 0. The molecule has 0 aliphatic heterocycles. The van der Waals surface area contributed by atoms with E-state index in [0.29, 0.717) is 25.7 Å². The molecule has 0 aliphatic carbocycles. The highest BCUT2D eigenvalue weighted by molar-refractivity contribution is 5.63. The Balaban J connectivity index is 1.39. The molecule has 1 unspecified atom stereocenters. The second-order valence-corrected chi connectivity index (χ2v) is 6.84. The summed E-state index contributed by atoms with van der Waals surface area (Å²) in [5, 5.41) is 0. The zero-order valence-corrected chi connectivity index (χ0v) is 16.2. The summed E-state index contributed by atoms with van der Waals surface area (Å²) in [7, 11) is 0. The molecule has 0 heterocycles. The van der Waals surface area contributed by atoms with E-state index in [2.05, 4.69) is 74.5 Å². The van der Waals surface area contributed by atoms with Crippen molar-refractivity contribution in [2.45, 2.75) is 32.8 Å². The molecule has 0 aliphatic rings. The lowest BCUT2D eigenvalue weighted by Gasteiger charge is -2.11. The van der Waals surface area contributed by atoms with Gasteiger partial charge in [0.05, 0.1) is 13.2 Å². The molecular weight excluding hydrogens is 332 g/mol. The average molecular weight is 360 g/mol. The van der Waals surface area contributed by atoms with E-state index in [-0.39, 0.29) is 0 Å². The van der Waals surface area contributed by atoms with Crippen molar-refractivity contribution < 1.29 is 9.47 Å². The summed E-state index contributed by atoms with van der Waals surface area (Å²) in [6.45, 7) is 6.23. The van der Waals surface area contributed by atoms with Gasteiger partial charge in [-0.3, -0.25) is 0 Å². The lowest BCUT2D eigenvalue weighted by atomic mass is 9.98. The summed E-state index contributed by atoms with van der Waals surface area (Å²) in [5.41, 5.74) is 5.00. The molecule has 0 fully saturated rings. The van der Waals surface area contributed by atoms with Crippen molar-refractivity contribution in [3.63, 3.8) is 0 Å². The van der Waals surface area contributed by atoms with Gasteiger partial charge in [-0.1, -0.05) is 80.6 Å². The van der Waals surface area contributed by atoms with E-state index in [4.69, 9.17) is 9.47 Å². The van der Waals surface area contributed by atoms with Crippen molar-refractivity contribution in [1.29, 1.82) is 0 Å². The molecule has 0 aromatic heterocycles. The molecule has 0 N–H and O–H groups in total. The highest BCUT2D eigenvalue weighted by Gasteiger charge is 2.03. The van der Waals surface area contributed by atoms with Gasteiger partial charge in [0.1, 0.15) is 12.4 Å². The van der Waals surface area contributed by atoms with E-state index in [1.807, 2.05) is 18.2 Å². The SMILES string of the molecule is CCC(C)c1ccc(COCCOc2ccc(-c3ccccc3)cc2)cc1. The third kappa shape index (κ3) is 5.70. The summed E-state index contributed by atoms with van der Waals surface area (Å²) in [4.78, 5) is 0. The smallest absolute Gasteiger partial charge is 0.119 e. The van der Waals surface area contributed by atoms with Crippen LogP contribution in [0, 0.1) is 0 Å². The van der Waals surface area contributed by atoms with Crippen molar-refractivity contribution >= 4 is 0 Å². The Kier molecular flexibility index (Phi) is 7.06. The first kappa shape index (κ1) is 19.2. The fourth-order valence-electron chi connectivity index (χ4n) is 2.96. The summed E-state index contributed by atoms with van der Waals surface area (Å²) >= 11 is 0. The maximum Gasteiger partial charge on any atom is 0.119 e. The normalized spacial score (nSPS) is 11.9. The van der Waals surface area contributed by atoms with Crippen LogP contribution >= 0.6 is 0 Å². The van der Waals surface area contributed by atoms with Crippen LogP contribution in [0.1, 0.15) is 37.3 Å². The molecule has 2 nitrogen and oxygen atoms in total. The molecular formula is C25H28O2. The van der Waals surface area contributed by atoms with Gasteiger partial charge in [-0.05, 0) is 46.7 Å². The van der Waals surface area contributed by atoms with E-state index in [0.717, 1.165) is 5.75 Å². The van der Waals surface area contributed by atoms with Gasteiger partial charge in [0.25, 0.3) is 0 Å². The Morgan fingerprint density at radius 2 is 1.41 bits per heavy atom. The molecule has 0 spiro atoms. The second-order valence-electron chi connectivity index (χ2n) is 6.84. The molecule has 27 heavy (non-hydrogen) atoms. The molecule has 2 heteroatoms. The van der Waals surface area contributed by atoms with Crippen LogP contribution in [0.3, 0.4) is 0 Å². The lowest BCUT2D eigenvalue weighted by molar-refractivity contribution is 0.0889. The van der Waals surface area contributed by atoms with Gasteiger partial charge < -0.3 is 9.47 Å². The Morgan fingerprint density at radius 1 is 0.741 bits per heavy atom. The van der Waals surface area contributed by atoms with E-state index < -0.39 is 0 Å². The zero-order valence-electron chi connectivity index (χ0n) is 16.2. The fourth-order valence-corrected chi connectivity index (χ4v) is 2.96. The molecule has 0 radical (unpaired) electrons. The summed E-state index contributed by atoms with van der Waals surface area (Å²) in [6, 6.07) is 27.3. The molecule has 3 rings (SSSR count). The van der Waals surface area contributed by atoms with Crippen LogP contribution in [-0.2, 0) is 11.3 Å². The minimum absolute atomic E-state index is 0.551. The summed E-state index contributed by atoms with van der Waals surface area (Å²) < 4.78 is 11.5.